The zero-order chi connectivity index (χ0) is 18.1. The van der Waals surface area contributed by atoms with E-state index in [1.165, 1.54) is 15.6 Å². The molecule has 2 aromatic heterocycles. The third-order valence-electron chi connectivity index (χ3n) is 3.60. The lowest BCUT2D eigenvalue weighted by atomic mass is 10.1. The SMILES string of the molecule is CN(C)C(=O)c1c(-c2ccccc2)nn2cc(NC(=O)O)cc(F)c12. The second-order valence-electron chi connectivity index (χ2n) is 5.59. The average molecular weight is 342 g/mol. The van der Waals surface area contributed by atoms with Crippen molar-refractivity contribution in [2.45, 2.75) is 0 Å². The topological polar surface area (TPSA) is 86.9 Å². The summed E-state index contributed by atoms with van der Waals surface area (Å²) in [6.07, 6.45) is 0.00424. The maximum Gasteiger partial charge on any atom is 0.409 e. The van der Waals surface area contributed by atoms with Gasteiger partial charge in [-0.25, -0.2) is 13.7 Å². The fourth-order valence-corrected chi connectivity index (χ4v) is 2.55. The molecule has 0 unspecified atom stereocenters. The third-order valence-corrected chi connectivity index (χ3v) is 3.60. The quantitative estimate of drug-likeness (QED) is 0.766. The van der Waals surface area contributed by atoms with Gasteiger partial charge >= 0.3 is 6.09 Å². The summed E-state index contributed by atoms with van der Waals surface area (Å²) in [6.45, 7) is 0. The number of hydrogen-bond acceptors (Lipinski definition) is 3. The maximum atomic E-state index is 14.6. The molecule has 8 heteroatoms. The number of anilines is 1. The van der Waals surface area contributed by atoms with Crippen molar-refractivity contribution in [3.8, 4) is 11.3 Å². The minimum atomic E-state index is -1.32. The van der Waals surface area contributed by atoms with E-state index in [-0.39, 0.29) is 16.8 Å². The van der Waals surface area contributed by atoms with Crippen LogP contribution in [-0.4, -0.2) is 45.7 Å². The van der Waals surface area contributed by atoms with Gasteiger partial charge in [0.2, 0.25) is 0 Å². The van der Waals surface area contributed by atoms with Crippen LogP contribution in [-0.2, 0) is 0 Å². The first kappa shape index (κ1) is 16.4. The zero-order valence-corrected chi connectivity index (χ0v) is 13.5. The molecule has 7 nitrogen and oxygen atoms in total. The number of rotatable bonds is 3. The molecule has 0 radical (unpaired) electrons. The molecule has 25 heavy (non-hydrogen) atoms. The smallest absolute Gasteiger partial charge is 0.409 e. The molecule has 0 fully saturated rings. The van der Waals surface area contributed by atoms with Crippen molar-refractivity contribution in [1.29, 1.82) is 0 Å². The Morgan fingerprint density at radius 2 is 1.92 bits per heavy atom. The van der Waals surface area contributed by atoms with Crippen molar-refractivity contribution in [2.75, 3.05) is 19.4 Å². The highest BCUT2D eigenvalue weighted by atomic mass is 19.1. The molecule has 0 aliphatic rings. The molecule has 0 spiro atoms. The number of nitrogens with one attached hydrogen (secondary N) is 1. The van der Waals surface area contributed by atoms with E-state index in [1.54, 1.807) is 38.4 Å². The van der Waals surface area contributed by atoms with E-state index in [9.17, 15) is 14.0 Å². The Bertz CT molecular complexity index is 967. The molecule has 0 aliphatic heterocycles. The molecular formula is C17H15FN4O3. The number of halogens is 1. The van der Waals surface area contributed by atoms with Crippen LogP contribution in [0.2, 0.25) is 0 Å². The van der Waals surface area contributed by atoms with Crippen LogP contribution < -0.4 is 5.32 Å². The van der Waals surface area contributed by atoms with Gasteiger partial charge in [-0.3, -0.25) is 10.1 Å². The Labute approximate surface area is 142 Å². The van der Waals surface area contributed by atoms with E-state index in [2.05, 4.69) is 10.4 Å². The third kappa shape index (κ3) is 3.01. The van der Waals surface area contributed by atoms with Gasteiger partial charge in [-0.1, -0.05) is 30.3 Å². The summed E-state index contributed by atoms with van der Waals surface area (Å²) in [5, 5.41) is 15.2. The largest absolute Gasteiger partial charge is 0.465 e. The lowest BCUT2D eigenvalue weighted by Gasteiger charge is -2.11. The first-order valence-electron chi connectivity index (χ1n) is 7.37. The van der Waals surface area contributed by atoms with Gasteiger partial charge in [0.1, 0.15) is 11.2 Å². The van der Waals surface area contributed by atoms with Crippen molar-refractivity contribution in [1.82, 2.24) is 14.5 Å². The summed E-state index contributed by atoms with van der Waals surface area (Å²) in [4.78, 5) is 24.7. The molecule has 3 rings (SSSR count). The summed E-state index contributed by atoms with van der Waals surface area (Å²) < 4.78 is 15.8. The van der Waals surface area contributed by atoms with Crippen LogP contribution in [0, 0.1) is 5.82 Å². The van der Waals surface area contributed by atoms with Gasteiger partial charge in [0.15, 0.2) is 5.82 Å². The highest BCUT2D eigenvalue weighted by molar-refractivity contribution is 6.06. The molecule has 0 saturated carbocycles. The Hall–Kier alpha value is -3.42. The summed E-state index contributed by atoms with van der Waals surface area (Å²) in [7, 11) is 3.14. The molecule has 0 atom stereocenters. The minimum Gasteiger partial charge on any atom is -0.465 e. The zero-order valence-electron chi connectivity index (χ0n) is 13.5. The van der Waals surface area contributed by atoms with Crippen LogP contribution in [0.1, 0.15) is 10.4 Å². The monoisotopic (exact) mass is 342 g/mol. The fourth-order valence-electron chi connectivity index (χ4n) is 2.55. The standard InChI is InChI=1S/C17H15FN4O3/c1-21(2)16(23)13-14(10-6-4-3-5-7-10)20-22-9-11(19-17(24)25)8-12(18)15(13)22/h3-9,19H,1-2H3,(H,24,25). The van der Waals surface area contributed by atoms with Crippen molar-refractivity contribution < 1.29 is 19.1 Å². The Morgan fingerprint density at radius 1 is 1.24 bits per heavy atom. The molecule has 2 heterocycles. The van der Waals surface area contributed by atoms with Gasteiger partial charge in [-0.15, -0.1) is 0 Å². The van der Waals surface area contributed by atoms with Crippen molar-refractivity contribution in [3.05, 3.63) is 54.0 Å². The van der Waals surface area contributed by atoms with Crippen LogP contribution in [0.25, 0.3) is 16.8 Å². The van der Waals surface area contributed by atoms with E-state index in [0.717, 1.165) is 6.07 Å². The molecule has 0 bridgehead atoms. The number of aromatic nitrogens is 2. The summed E-state index contributed by atoms with van der Waals surface area (Å²) in [6, 6.07) is 9.95. The molecule has 2 N–H and O–H groups in total. The second-order valence-corrected chi connectivity index (χ2v) is 5.59. The van der Waals surface area contributed by atoms with Gasteiger partial charge in [0.05, 0.1) is 17.4 Å². The number of benzene rings is 1. The van der Waals surface area contributed by atoms with Crippen LogP contribution in [0.15, 0.2) is 42.6 Å². The van der Waals surface area contributed by atoms with Gasteiger partial charge in [-0.05, 0) is 0 Å². The number of nitrogens with zero attached hydrogens (tertiary/aromatic N) is 3. The fraction of sp³-hybridized carbons (Fsp3) is 0.118. The number of amides is 2. The molecule has 0 saturated heterocycles. The highest BCUT2D eigenvalue weighted by Gasteiger charge is 2.25. The first-order chi connectivity index (χ1) is 11.9. The van der Waals surface area contributed by atoms with E-state index in [4.69, 9.17) is 5.11 Å². The van der Waals surface area contributed by atoms with Crippen LogP contribution in [0.4, 0.5) is 14.9 Å². The molecule has 2 amide bonds. The van der Waals surface area contributed by atoms with Gasteiger partial charge in [0.25, 0.3) is 5.91 Å². The van der Waals surface area contributed by atoms with Gasteiger partial charge < -0.3 is 10.0 Å². The molecule has 1 aromatic carbocycles. The molecule has 128 valence electrons. The van der Waals surface area contributed by atoms with Crippen LogP contribution >= 0.6 is 0 Å². The summed E-state index contributed by atoms with van der Waals surface area (Å²) in [5.74, 6) is -1.14. The first-order valence-corrected chi connectivity index (χ1v) is 7.37. The number of hydrogen-bond donors (Lipinski definition) is 2. The summed E-state index contributed by atoms with van der Waals surface area (Å²) in [5.41, 5.74) is 1.11. The highest BCUT2D eigenvalue weighted by Crippen LogP contribution is 2.29. The maximum absolute atomic E-state index is 14.6. The van der Waals surface area contributed by atoms with Crippen molar-refractivity contribution in [2.24, 2.45) is 0 Å². The number of pyridine rings is 1. The van der Waals surface area contributed by atoms with Crippen LogP contribution in [0.5, 0.6) is 0 Å². The molecule has 3 aromatic rings. The average Bonchev–Trinajstić information content (AvgIpc) is 2.94. The van der Waals surface area contributed by atoms with Gasteiger partial charge in [0, 0.05) is 25.7 Å². The number of carbonyl (C=O) groups excluding carboxylic acids is 1. The molecule has 0 aliphatic carbocycles. The van der Waals surface area contributed by atoms with E-state index < -0.39 is 17.8 Å². The van der Waals surface area contributed by atoms with Crippen molar-refractivity contribution >= 4 is 23.2 Å². The van der Waals surface area contributed by atoms with Crippen LogP contribution in [0.3, 0.4) is 0 Å². The second kappa shape index (κ2) is 6.23. The number of carbonyl (C=O) groups is 2. The Morgan fingerprint density at radius 3 is 2.52 bits per heavy atom. The molecular weight excluding hydrogens is 327 g/mol. The predicted octanol–water partition coefficient (Wildman–Crippen LogP) is 2.93. The van der Waals surface area contributed by atoms with E-state index >= 15 is 0 Å². The normalized spacial score (nSPS) is 10.7. The Kier molecular flexibility index (Phi) is 4.10. The van der Waals surface area contributed by atoms with Crippen molar-refractivity contribution in [3.63, 3.8) is 0 Å². The van der Waals surface area contributed by atoms with Gasteiger partial charge in [-0.2, -0.15) is 5.10 Å². The number of fused-ring (bicyclic) bond motifs is 1. The Balaban J connectivity index is 2.31. The summed E-state index contributed by atoms with van der Waals surface area (Å²) >= 11 is 0. The lowest BCUT2D eigenvalue weighted by Crippen LogP contribution is -2.22. The predicted molar refractivity (Wildman–Crippen MR) is 90.3 cm³/mol. The number of carboxylic acid groups (broad SMARTS) is 1. The lowest BCUT2D eigenvalue weighted by molar-refractivity contribution is 0.0830. The van der Waals surface area contributed by atoms with E-state index in [1.807, 2.05) is 6.07 Å². The van der Waals surface area contributed by atoms with E-state index in [0.29, 0.717) is 11.3 Å². The minimum absolute atomic E-state index is 0.00603.